The molecule has 0 aliphatic rings. The molecule has 0 saturated heterocycles. The number of anilines is 1. The van der Waals surface area contributed by atoms with E-state index in [4.69, 9.17) is 14.5 Å². The van der Waals surface area contributed by atoms with Gasteiger partial charge in [0.2, 0.25) is 11.0 Å². The Labute approximate surface area is 222 Å². The van der Waals surface area contributed by atoms with Crippen LogP contribution < -0.4 is 19.7 Å². The number of hydrogen-bond acceptors (Lipinski definition) is 7. The number of aromatic nitrogens is 2. The second kappa shape index (κ2) is 12.9. The summed E-state index contributed by atoms with van der Waals surface area (Å²) in [4.78, 5) is 19.7. The van der Waals surface area contributed by atoms with E-state index in [1.807, 2.05) is 41.3 Å². The smallest absolute Gasteiger partial charge is 0.239 e. The van der Waals surface area contributed by atoms with Crippen LogP contribution in [0.1, 0.15) is 28.1 Å². The predicted molar refractivity (Wildman–Crippen MR) is 148 cm³/mol. The van der Waals surface area contributed by atoms with Crippen LogP contribution in [0.25, 0.3) is 0 Å². The van der Waals surface area contributed by atoms with Gasteiger partial charge >= 0.3 is 0 Å². The lowest BCUT2D eigenvalue weighted by atomic mass is 10.1. The fourth-order valence-corrected chi connectivity index (χ4v) is 4.62. The maximum atomic E-state index is 12.9. The van der Waals surface area contributed by atoms with Crippen LogP contribution in [0.4, 0.5) is 5.13 Å². The Bertz CT molecular complexity index is 1290. The van der Waals surface area contributed by atoms with Gasteiger partial charge in [0.25, 0.3) is 0 Å². The average molecular weight is 517 g/mol. The van der Waals surface area contributed by atoms with Crippen LogP contribution in [-0.4, -0.2) is 42.6 Å². The summed E-state index contributed by atoms with van der Waals surface area (Å²) in [6, 6.07) is 24.3. The molecule has 4 aromatic rings. The number of aryl methyl sites for hydroxylation is 1. The molecule has 7 nitrogen and oxygen atoms in total. The van der Waals surface area contributed by atoms with E-state index in [2.05, 4.69) is 53.0 Å². The molecule has 0 aliphatic heterocycles. The van der Waals surface area contributed by atoms with Gasteiger partial charge in [0.15, 0.2) is 11.5 Å². The van der Waals surface area contributed by atoms with Crippen molar-refractivity contribution in [2.24, 2.45) is 0 Å². The van der Waals surface area contributed by atoms with Crippen LogP contribution in [0.5, 0.6) is 11.5 Å². The number of benzene rings is 3. The average Bonchev–Trinajstić information content (AvgIpc) is 3.38. The molecule has 0 saturated carbocycles. The standard InChI is InChI=1S/C29H32N4O3S/c1-21-9-11-22(12-10-21)18-27-31-29(37-32-27)33(19-24-7-5-4-6-8-24)20-28(34)30-16-15-23-13-14-25(35-2)26(17-23)36-3/h4-14,17H,15-16,18-20H2,1-3H3,(H,30,34). The van der Waals surface area contributed by atoms with E-state index in [-0.39, 0.29) is 12.5 Å². The van der Waals surface area contributed by atoms with Crippen LogP contribution in [-0.2, 0) is 24.2 Å². The van der Waals surface area contributed by atoms with Crippen molar-refractivity contribution in [1.82, 2.24) is 14.7 Å². The van der Waals surface area contributed by atoms with E-state index >= 15 is 0 Å². The van der Waals surface area contributed by atoms with Gasteiger partial charge in [-0.2, -0.15) is 4.37 Å². The Balaban J connectivity index is 1.39. The van der Waals surface area contributed by atoms with Crippen LogP contribution in [0, 0.1) is 6.92 Å². The SMILES string of the molecule is COc1ccc(CCNC(=O)CN(Cc2ccccc2)c2nc(Cc3ccc(C)cc3)ns2)cc1OC. The Morgan fingerprint density at radius 3 is 2.38 bits per heavy atom. The van der Waals surface area contributed by atoms with Gasteiger partial charge in [-0.15, -0.1) is 0 Å². The predicted octanol–water partition coefficient (Wildman–Crippen LogP) is 4.82. The quantitative estimate of drug-likeness (QED) is 0.291. The third-order valence-corrected chi connectivity index (χ3v) is 6.76. The van der Waals surface area contributed by atoms with Gasteiger partial charge in [-0.1, -0.05) is 66.2 Å². The number of amides is 1. The third-order valence-electron chi connectivity index (χ3n) is 5.95. The van der Waals surface area contributed by atoms with Gasteiger partial charge in [0.05, 0.1) is 20.8 Å². The molecule has 0 fully saturated rings. The highest BCUT2D eigenvalue weighted by atomic mass is 32.1. The number of hydrogen-bond donors (Lipinski definition) is 1. The van der Waals surface area contributed by atoms with E-state index in [0.717, 1.165) is 27.6 Å². The first kappa shape index (κ1) is 26.2. The lowest BCUT2D eigenvalue weighted by Crippen LogP contribution is -2.37. The minimum atomic E-state index is -0.0632. The summed E-state index contributed by atoms with van der Waals surface area (Å²) in [5.74, 6) is 2.06. The maximum absolute atomic E-state index is 12.9. The molecule has 0 unspecified atom stereocenters. The van der Waals surface area contributed by atoms with Crippen molar-refractivity contribution < 1.29 is 14.3 Å². The van der Waals surface area contributed by atoms with Gasteiger partial charge in [0, 0.05) is 31.0 Å². The third kappa shape index (κ3) is 7.54. The Kier molecular flexibility index (Phi) is 9.10. The van der Waals surface area contributed by atoms with Crippen LogP contribution in [0.2, 0.25) is 0 Å². The summed E-state index contributed by atoms with van der Waals surface area (Å²) in [6.07, 6.45) is 1.35. The van der Waals surface area contributed by atoms with Crippen molar-refractivity contribution >= 4 is 22.6 Å². The minimum Gasteiger partial charge on any atom is -0.493 e. The van der Waals surface area contributed by atoms with Crippen LogP contribution in [0.15, 0.2) is 72.8 Å². The molecule has 4 rings (SSSR count). The highest BCUT2D eigenvalue weighted by molar-refractivity contribution is 7.09. The number of nitrogens with zero attached hydrogens (tertiary/aromatic N) is 3. The molecule has 192 valence electrons. The summed E-state index contributed by atoms with van der Waals surface area (Å²) in [6.45, 7) is 3.36. The summed E-state index contributed by atoms with van der Waals surface area (Å²) < 4.78 is 15.2. The first-order chi connectivity index (χ1) is 18.0. The van der Waals surface area contributed by atoms with Gasteiger partial charge in [-0.05, 0) is 42.2 Å². The molecule has 0 aliphatic carbocycles. The Hall–Kier alpha value is -3.91. The normalized spacial score (nSPS) is 10.7. The molecular formula is C29H32N4O3S. The van der Waals surface area contributed by atoms with Gasteiger partial charge in [0.1, 0.15) is 5.82 Å². The zero-order valence-electron chi connectivity index (χ0n) is 21.4. The maximum Gasteiger partial charge on any atom is 0.239 e. The van der Waals surface area contributed by atoms with Crippen LogP contribution in [0.3, 0.4) is 0 Å². The number of ether oxygens (including phenoxy) is 2. The second-order valence-corrected chi connectivity index (χ2v) is 9.52. The molecule has 1 amide bonds. The largest absolute Gasteiger partial charge is 0.493 e. The molecule has 8 heteroatoms. The molecule has 37 heavy (non-hydrogen) atoms. The molecule has 3 aromatic carbocycles. The first-order valence-electron chi connectivity index (χ1n) is 12.2. The van der Waals surface area contributed by atoms with E-state index in [0.29, 0.717) is 37.4 Å². The molecular weight excluding hydrogens is 484 g/mol. The van der Waals surface area contributed by atoms with Gasteiger partial charge in [-0.25, -0.2) is 4.98 Å². The van der Waals surface area contributed by atoms with Crippen LogP contribution >= 0.6 is 11.5 Å². The Morgan fingerprint density at radius 2 is 1.65 bits per heavy atom. The van der Waals surface area contributed by atoms with E-state index in [9.17, 15) is 4.79 Å². The monoisotopic (exact) mass is 516 g/mol. The van der Waals surface area contributed by atoms with E-state index in [1.165, 1.54) is 17.1 Å². The first-order valence-corrected chi connectivity index (χ1v) is 13.0. The van der Waals surface area contributed by atoms with Crippen molar-refractivity contribution in [3.8, 4) is 11.5 Å². The topological polar surface area (TPSA) is 76.6 Å². The lowest BCUT2D eigenvalue weighted by molar-refractivity contribution is -0.119. The zero-order valence-corrected chi connectivity index (χ0v) is 22.3. The fourth-order valence-electron chi connectivity index (χ4n) is 3.94. The molecule has 1 aromatic heterocycles. The van der Waals surface area contributed by atoms with Gasteiger partial charge in [-0.3, -0.25) is 4.79 Å². The number of carbonyl (C=O) groups is 1. The number of nitrogens with one attached hydrogen (secondary N) is 1. The van der Waals surface area contributed by atoms with E-state index in [1.54, 1.807) is 14.2 Å². The number of carbonyl (C=O) groups excluding carboxylic acids is 1. The van der Waals surface area contributed by atoms with Crippen molar-refractivity contribution in [2.45, 2.75) is 26.3 Å². The summed E-state index contributed by atoms with van der Waals surface area (Å²) >= 11 is 1.33. The van der Waals surface area contributed by atoms with Crippen molar-refractivity contribution in [2.75, 3.05) is 32.2 Å². The molecule has 0 atom stereocenters. The molecule has 0 spiro atoms. The highest BCUT2D eigenvalue weighted by Crippen LogP contribution is 2.27. The lowest BCUT2D eigenvalue weighted by Gasteiger charge is -2.21. The second-order valence-electron chi connectivity index (χ2n) is 8.79. The van der Waals surface area contributed by atoms with Crippen molar-refractivity contribution in [3.63, 3.8) is 0 Å². The van der Waals surface area contributed by atoms with Crippen molar-refractivity contribution in [1.29, 1.82) is 0 Å². The van der Waals surface area contributed by atoms with E-state index < -0.39 is 0 Å². The molecule has 0 bridgehead atoms. The molecule has 0 radical (unpaired) electrons. The van der Waals surface area contributed by atoms with Crippen molar-refractivity contribution in [3.05, 3.63) is 101 Å². The Morgan fingerprint density at radius 1 is 0.919 bits per heavy atom. The summed E-state index contributed by atoms with van der Waals surface area (Å²) in [5, 5.41) is 3.78. The zero-order chi connectivity index (χ0) is 26.0. The fraction of sp³-hybridized carbons (Fsp3) is 0.276. The highest BCUT2D eigenvalue weighted by Gasteiger charge is 2.17. The molecule has 1 heterocycles. The number of rotatable bonds is 12. The number of methoxy groups -OCH3 is 2. The summed E-state index contributed by atoms with van der Waals surface area (Å²) in [5.41, 5.74) is 4.55. The minimum absolute atomic E-state index is 0.0632. The molecule has 1 N–H and O–H groups in total. The van der Waals surface area contributed by atoms with Gasteiger partial charge < -0.3 is 19.7 Å². The summed E-state index contributed by atoms with van der Waals surface area (Å²) in [7, 11) is 3.23.